The Balaban J connectivity index is 1.53. The van der Waals surface area contributed by atoms with Crippen LogP contribution in [0.2, 0.25) is 0 Å². The van der Waals surface area contributed by atoms with Gasteiger partial charge in [-0.05, 0) is 25.0 Å². The first-order chi connectivity index (χ1) is 9.76. The number of morpholine rings is 1. The second-order valence-corrected chi connectivity index (χ2v) is 5.57. The largest absolute Gasteiger partial charge is 0.396 e. The highest BCUT2D eigenvalue weighted by molar-refractivity contribution is 5.92. The zero-order valence-electron chi connectivity index (χ0n) is 11.4. The van der Waals surface area contributed by atoms with Gasteiger partial charge in [-0.15, -0.1) is 0 Å². The lowest BCUT2D eigenvalue weighted by molar-refractivity contribution is -0.0566. The van der Waals surface area contributed by atoms with Crippen LogP contribution in [0.15, 0.2) is 18.3 Å². The molecule has 1 amide bonds. The van der Waals surface area contributed by atoms with E-state index in [4.69, 9.17) is 9.84 Å². The molecule has 20 heavy (non-hydrogen) atoms. The van der Waals surface area contributed by atoms with Crippen LogP contribution in [0.3, 0.4) is 0 Å². The quantitative estimate of drug-likeness (QED) is 0.723. The van der Waals surface area contributed by atoms with Crippen LogP contribution in [0.5, 0.6) is 0 Å². The number of nitrogens with zero attached hydrogens (tertiary/aromatic N) is 1. The minimum absolute atomic E-state index is 0.0485. The molecule has 3 N–H and O–H groups in total. The van der Waals surface area contributed by atoms with Crippen molar-refractivity contribution in [2.75, 3.05) is 26.3 Å². The van der Waals surface area contributed by atoms with E-state index in [1.165, 1.54) is 0 Å². The van der Waals surface area contributed by atoms with Crippen molar-refractivity contribution in [3.63, 3.8) is 0 Å². The van der Waals surface area contributed by atoms with Crippen molar-refractivity contribution in [3.05, 3.63) is 24.0 Å². The Morgan fingerprint density at radius 2 is 2.45 bits per heavy atom. The maximum absolute atomic E-state index is 12.0. The molecule has 2 aliphatic rings. The first-order valence-corrected chi connectivity index (χ1v) is 7.17. The van der Waals surface area contributed by atoms with E-state index in [2.05, 4.69) is 15.2 Å². The van der Waals surface area contributed by atoms with Crippen molar-refractivity contribution >= 4 is 5.91 Å². The molecule has 3 rings (SSSR count). The molecule has 2 aliphatic heterocycles. The van der Waals surface area contributed by atoms with Gasteiger partial charge >= 0.3 is 0 Å². The lowest BCUT2D eigenvalue weighted by atomic mass is 10.1. The number of amides is 1. The summed E-state index contributed by atoms with van der Waals surface area (Å²) in [5, 5.41) is 12.0. The molecule has 0 spiro atoms. The first-order valence-electron chi connectivity index (χ1n) is 7.17. The summed E-state index contributed by atoms with van der Waals surface area (Å²) in [6.45, 7) is 2.57. The molecule has 6 nitrogen and oxygen atoms in total. The molecular weight excluding hydrogens is 258 g/mol. The van der Waals surface area contributed by atoms with Crippen molar-refractivity contribution in [2.24, 2.45) is 0 Å². The number of carbonyl (C=O) groups excluding carboxylic acids is 1. The first kappa shape index (κ1) is 13.6. The van der Waals surface area contributed by atoms with Gasteiger partial charge in [0.25, 0.3) is 5.91 Å². The molecule has 0 bridgehead atoms. The number of aromatic amines is 1. The summed E-state index contributed by atoms with van der Waals surface area (Å²) in [6, 6.07) is 4.16. The van der Waals surface area contributed by atoms with Crippen molar-refractivity contribution in [1.29, 1.82) is 0 Å². The maximum Gasteiger partial charge on any atom is 0.267 e. The van der Waals surface area contributed by atoms with Crippen molar-refractivity contribution in [3.8, 4) is 0 Å². The molecule has 1 aromatic heterocycles. The summed E-state index contributed by atoms with van der Waals surface area (Å²) in [5.74, 6) is -0.0485. The molecule has 2 fully saturated rings. The number of H-pyrrole nitrogens is 1. The number of fused-ring (bicyclic) bond motifs is 1. The van der Waals surface area contributed by atoms with Gasteiger partial charge in [0, 0.05) is 38.0 Å². The molecule has 0 aromatic carbocycles. The summed E-state index contributed by atoms with van der Waals surface area (Å²) >= 11 is 0. The molecular formula is C14H21N3O3. The number of hydrogen-bond acceptors (Lipinski definition) is 4. The summed E-state index contributed by atoms with van der Waals surface area (Å²) < 4.78 is 5.74. The minimum atomic E-state index is -0.0485. The Bertz CT molecular complexity index is 449. The van der Waals surface area contributed by atoms with E-state index >= 15 is 0 Å². The monoisotopic (exact) mass is 279 g/mol. The van der Waals surface area contributed by atoms with E-state index in [-0.39, 0.29) is 24.7 Å². The third-order valence-electron chi connectivity index (χ3n) is 4.12. The number of nitrogens with one attached hydrogen (secondary N) is 2. The van der Waals surface area contributed by atoms with E-state index in [1.54, 1.807) is 12.3 Å². The van der Waals surface area contributed by atoms with Crippen molar-refractivity contribution in [1.82, 2.24) is 15.2 Å². The zero-order valence-corrected chi connectivity index (χ0v) is 11.4. The molecule has 0 radical (unpaired) electrons. The number of hydrogen-bond donors (Lipinski definition) is 3. The van der Waals surface area contributed by atoms with Gasteiger partial charge in [-0.1, -0.05) is 0 Å². The van der Waals surface area contributed by atoms with Gasteiger partial charge in [0.2, 0.25) is 0 Å². The van der Waals surface area contributed by atoms with Crippen LogP contribution in [0.1, 0.15) is 23.3 Å². The second kappa shape index (κ2) is 5.95. The average Bonchev–Trinajstić information content (AvgIpc) is 3.06. The highest BCUT2D eigenvalue weighted by Crippen LogP contribution is 2.24. The normalized spacial score (nSPS) is 30.1. The Labute approximate surface area is 118 Å². The maximum atomic E-state index is 12.0. The van der Waals surface area contributed by atoms with Gasteiger partial charge in [0.15, 0.2) is 0 Å². The van der Waals surface area contributed by atoms with E-state index < -0.39 is 0 Å². The number of aliphatic hydroxyl groups excluding tert-OH is 1. The highest BCUT2D eigenvalue weighted by atomic mass is 16.5. The van der Waals surface area contributed by atoms with Crippen LogP contribution in [-0.4, -0.2) is 65.4 Å². The number of carbonyl (C=O) groups is 1. The van der Waals surface area contributed by atoms with Crippen LogP contribution in [0, 0.1) is 0 Å². The summed E-state index contributed by atoms with van der Waals surface area (Å²) in [7, 11) is 0. The Hall–Kier alpha value is -1.37. The van der Waals surface area contributed by atoms with Gasteiger partial charge in [-0.3, -0.25) is 9.69 Å². The third kappa shape index (κ3) is 2.87. The third-order valence-corrected chi connectivity index (χ3v) is 4.12. The van der Waals surface area contributed by atoms with Crippen molar-refractivity contribution in [2.45, 2.75) is 31.0 Å². The van der Waals surface area contributed by atoms with Crippen LogP contribution >= 0.6 is 0 Å². The van der Waals surface area contributed by atoms with Crippen LogP contribution in [0.4, 0.5) is 0 Å². The van der Waals surface area contributed by atoms with Gasteiger partial charge < -0.3 is 20.1 Å². The SMILES string of the molecule is O=C(N[C@H]1C[C@H]2CO[C@@H](CCO)CN2C1)c1ccc[nH]1. The van der Waals surface area contributed by atoms with Crippen LogP contribution < -0.4 is 5.32 Å². The number of aromatic nitrogens is 1. The lowest BCUT2D eigenvalue weighted by Crippen LogP contribution is -2.46. The van der Waals surface area contributed by atoms with E-state index in [0.717, 1.165) is 19.5 Å². The summed E-state index contributed by atoms with van der Waals surface area (Å²) in [4.78, 5) is 17.3. The topological polar surface area (TPSA) is 77.6 Å². The van der Waals surface area contributed by atoms with Gasteiger partial charge in [0.1, 0.15) is 5.69 Å². The molecule has 0 aliphatic carbocycles. The Morgan fingerprint density at radius 1 is 1.55 bits per heavy atom. The van der Waals surface area contributed by atoms with Gasteiger partial charge in [-0.2, -0.15) is 0 Å². The predicted octanol–water partition coefficient (Wildman–Crippen LogP) is -0.0314. The van der Waals surface area contributed by atoms with E-state index in [0.29, 0.717) is 24.8 Å². The molecule has 6 heteroatoms. The van der Waals surface area contributed by atoms with Gasteiger partial charge in [-0.25, -0.2) is 0 Å². The number of rotatable bonds is 4. The fourth-order valence-corrected chi connectivity index (χ4v) is 3.10. The number of ether oxygens (including phenoxy) is 1. The zero-order chi connectivity index (χ0) is 13.9. The second-order valence-electron chi connectivity index (χ2n) is 5.57. The Kier molecular flexibility index (Phi) is 4.05. The van der Waals surface area contributed by atoms with Crippen LogP contribution in [0.25, 0.3) is 0 Å². The molecule has 110 valence electrons. The van der Waals surface area contributed by atoms with Crippen LogP contribution in [-0.2, 0) is 4.74 Å². The average molecular weight is 279 g/mol. The summed E-state index contributed by atoms with van der Waals surface area (Å²) in [5.41, 5.74) is 0.601. The van der Waals surface area contributed by atoms with Gasteiger partial charge in [0.05, 0.1) is 12.7 Å². The predicted molar refractivity (Wildman–Crippen MR) is 73.5 cm³/mol. The van der Waals surface area contributed by atoms with E-state index in [9.17, 15) is 4.79 Å². The summed E-state index contributed by atoms with van der Waals surface area (Å²) in [6.07, 6.45) is 3.48. The fourth-order valence-electron chi connectivity index (χ4n) is 3.10. The molecule has 0 saturated carbocycles. The fraction of sp³-hybridized carbons (Fsp3) is 0.643. The Morgan fingerprint density at radius 3 is 3.20 bits per heavy atom. The molecule has 2 saturated heterocycles. The lowest BCUT2D eigenvalue weighted by Gasteiger charge is -2.34. The molecule has 1 aromatic rings. The smallest absolute Gasteiger partial charge is 0.267 e. The number of aliphatic hydroxyl groups is 1. The van der Waals surface area contributed by atoms with Crippen molar-refractivity contribution < 1.29 is 14.6 Å². The van der Waals surface area contributed by atoms with E-state index in [1.807, 2.05) is 6.07 Å². The standard InChI is InChI=1S/C14H21N3O3/c18-5-3-12-8-17-7-10(6-11(17)9-20-12)16-14(19)13-2-1-4-15-13/h1-2,4,10-12,15,18H,3,5-9H2,(H,16,19)/t10-,11-,12-/m0/s1. The highest BCUT2D eigenvalue weighted by Gasteiger charge is 2.37. The minimum Gasteiger partial charge on any atom is -0.396 e. The molecule has 3 atom stereocenters. The molecule has 3 heterocycles. The molecule has 0 unspecified atom stereocenters.